The second-order valence-corrected chi connectivity index (χ2v) is 5.74. The van der Waals surface area contributed by atoms with E-state index in [0.717, 1.165) is 22.2 Å². The number of fused-ring (bicyclic) bond motifs is 1. The van der Waals surface area contributed by atoms with Crippen molar-refractivity contribution in [2.45, 2.75) is 6.54 Å². The normalized spacial score (nSPS) is 10.6. The lowest BCUT2D eigenvalue weighted by Gasteiger charge is -2.09. The fraction of sp³-hybridized carbons (Fsp3) is 0.0526. The highest BCUT2D eigenvalue weighted by Gasteiger charge is 2.04. The highest BCUT2D eigenvalue weighted by atomic mass is 16.2. The predicted octanol–water partition coefficient (Wildman–Crippen LogP) is 3.14. The van der Waals surface area contributed by atoms with Gasteiger partial charge in [0.25, 0.3) is 0 Å². The van der Waals surface area contributed by atoms with Crippen molar-refractivity contribution in [1.29, 1.82) is 0 Å². The number of carbonyl (C=O) groups excluding carboxylic acids is 1. The van der Waals surface area contributed by atoms with Crippen molar-refractivity contribution >= 4 is 22.6 Å². The van der Waals surface area contributed by atoms with Crippen molar-refractivity contribution in [3.8, 4) is 5.69 Å². The van der Waals surface area contributed by atoms with E-state index in [2.05, 4.69) is 25.9 Å². The van der Waals surface area contributed by atoms with E-state index in [4.69, 9.17) is 0 Å². The van der Waals surface area contributed by atoms with E-state index in [9.17, 15) is 4.79 Å². The molecule has 26 heavy (non-hydrogen) atoms. The minimum Gasteiger partial charge on any atom is -0.334 e. The Kier molecular flexibility index (Phi) is 4.26. The summed E-state index contributed by atoms with van der Waals surface area (Å²) in [5.74, 6) is 0. The van der Waals surface area contributed by atoms with Crippen molar-refractivity contribution in [3.05, 3.63) is 78.8 Å². The maximum atomic E-state index is 12.2. The number of nitrogens with zero attached hydrogens (tertiary/aromatic N) is 4. The van der Waals surface area contributed by atoms with Crippen molar-refractivity contribution in [2.75, 3.05) is 5.32 Å². The molecule has 0 aliphatic rings. The molecule has 7 heteroatoms. The molecule has 2 N–H and O–H groups in total. The quantitative estimate of drug-likeness (QED) is 0.596. The highest BCUT2D eigenvalue weighted by molar-refractivity contribution is 5.89. The fourth-order valence-corrected chi connectivity index (χ4v) is 2.66. The van der Waals surface area contributed by atoms with Gasteiger partial charge in [-0.25, -0.2) is 9.48 Å². The zero-order valence-electron chi connectivity index (χ0n) is 13.8. The molecule has 0 aliphatic carbocycles. The molecule has 2 heterocycles. The Morgan fingerprint density at radius 3 is 2.88 bits per heavy atom. The molecule has 0 radical (unpaired) electrons. The monoisotopic (exact) mass is 344 g/mol. The van der Waals surface area contributed by atoms with Crippen LogP contribution in [0.4, 0.5) is 10.5 Å². The first-order chi connectivity index (χ1) is 12.8. The molecule has 2 aromatic carbocycles. The maximum absolute atomic E-state index is 12.2. The molecule has 0 spiro atoms. The molecule has 128 valence electrons. The van der Waals surface area contributed by atoms with Gasteiger partial charge in [0.2, 0.25) is 0 Å². The molecule has 0 fully saturated rings. The summed E-state index contributed by atoms with van der Waals surface area (Å²) in [7, 11) is 0. The van der Waals surface area contributed by atoms with Crippen LogP contribution in [0.1, 0.15) is 5.56 Å². The second-order valence-electron chi connectivity index (χ2n) is 5.74. The third-order valence-electron chi connectivity index (χ3n) is 3.91. The van der Waals surface area contributed by atoms with Gasteiger partial charge in [-0.1, -0.05) is 23.4 Å². The van der Waals surface area contributed by atoms with E-state index in [1.54, 1.807) is 23.3 Å². The Morgan fingerprint density at radius 2 is 2.00 bits per heavy atom. The van der Waals surface area contributed by atoms with Crippen LogP contribution in [-0.4, -0.2) is 26.0 Å². The lowest BCUT2D eigenvalue weighted by molar-refractivity contribution is 0.251. The number of nitrogens with one attached hydrogen (secondary N) is 2. The molecule has 0 atom stereocenters. The summed E-state index contributed by atoms with van der Waals surface area (Å²) in [6.45, 7) is 0.430. The number of hydrogen-bond donors (Lipinski definition) is 2. The first-order valence-corrected chi connectivity index (χ1v) is 8.13. The summed E-state index contributed by atoms with van der Waals surface area (Å²) in [5, 5.41) is 14.5. The Bertz CT molecular complexity index is 1040. The summed E-state index contributed by atoms with van der Waals surface area (Å²) in [4.78, 5) is 16.5. The zero-order chi connectivity index (χ0) is 17.8. The van der Waals surface area contributed by atoms with Crippen LogP contribution in [0.5, 0.6) is 0 Å². The summed E-state index contributed by atoms with van der Waals surface area (Å²) >= 11 is 0. The fourth-order valence-electron chi connectivity index (χ4n) is 2.66. The van der Waals surface area contributed by atoms with E-state index in [1.165, 1.54) is 0 Å². The number of aromatic nitrogens is 4. The average molecular weight is 344 g/mol. The highest BCUT2D eigenvalue weighted by Crippen LogP contribution is 2.15. The molecular formula is C19H16N6O. The van der Waals surface area contributed by atoms with Gasteiger partial charge >= 0.3 is 6.03 Å². The molecule has 7 nitrogen and oxygen atoms in total. The number of carbonyl (C=O) groups is 1. The van der Waals surface area contributed by atoms with Gasteiger partial charge in [-0.3, -0.25) is 4.98 Å². The maximum Gasteiger partial charge on any atom is 0.319 e. The number of amides is 2. The topological polar surface area (TPSA) is 84.7 Å². The molecule has 2 amide bonds. The van der Waals surface area contributed by atoms with Gasteiger partial charge in [0.15, 0.2) is 0 Å². The van der Waals surface area contributed by atoms with Gasteiger partial charge in [0, 0.05) is 23.8 Å². The van der Waals surface area contributed by atoms with Crippen LogP contribution in [-0.2, 0) is 6.54 Å². The van der Waals surface area contributed by atoms with Gasteiger partial charge in [-0.2, -0.15) is 0 Å². The van der Waals surface area contributed by atoms with Gasteiger partial charge in [-0.15, -0.1) is 5.10 Å². The second kappa shape index (κ2) is 7.02. The van der Waals surface area contributed by atoms with E-state index >= 15 is 0 Å². The van der Waals surface area contributed by atoms with E-state index in [-0.39, 0.29) is 6.03 Å². The van der Waals surface area contributed by atoms with Gasteiger partial charge in [0.1, 0.15) is 0 Å². The third-order valence-corrected chi connectivity index (χ3v) is 3.91. The minimum atomic E-state index is -0.271. The van der Waals surface area contributed by atoms with Gasteiger partial charge in [0.05, 0.1) is 23.6 Å². The van der Waals surface area contributed by atoms with Crippen LogP contribution in [0.15, 0.2) is 73.2 Å². The number of rotatable bonds is 4. The molecule has 0 bridgehead atoms. The van der Waals surface area contributed by atoms with Crippen LogP contribution in [0.25, 0.3) is 16.6 Å². The number of urea groups is 1. The Balaban J connectivity index is 1.40. The number of pyridine rings is 1. The predicted molar refractivity (Wildman–Crippen MR) is 99.0 cm³/mol. The van der Waals surface area contributed by atoms with E-state index < -0.39 is 0 Å². The van der Waals surface area contributed by atoms with Crippen molar-refractivity contribution in [3.63, 3.8) is 0 Å². The first kappa shape index (κ1) is 15.8. The van der Waals surface area contributed by atoms with Gasteiger partial charge < -0.3 is 10.6 Å². The SMILES string of the molecule is O=C(NCc1ccc2ncccc2c1)Nc1cccc(-n2ccnn2)c1. The van der Waals surface area contributed by atoms with Gasteiger partial charge in [-0.05, 0) is 42.0 Å². The van der Waals surface area contributed by atoms with Crippen molar-refractivity contribution in [2.24, 2.45) is 0 Å². The summed E-state index contributed by atoms with van der Waals surface area (Å²) in [6.07, 6.45) is 5.11. The van der Waals surface area contributed by atoms with Crippen molar-refractivity contribution in [1.82, 2.24) is 25.3 Å². The van der Waals surface area contributed by atoms with Crippen LogP contribution < -0.4 is 10.6 Å². The summed E-state index contributed by atoms with van der Waals surface area (Å²) < 4.78 is 1.63. The minimum absolute atomic E-state index is 0.271. The van der Waals surface area contributed by atoms with Crippen LogP contribution >= 0.6 is 0 Å². The lowest BCUT2D eigenvalue weighted by Crippen LogP contribution is -2.28. The Labute approximate surface area is 149 Å². The van der Waals surface area contributed by atoms with Crippen LogP contribution in [0, 0.1) is 0 Å². The van der Waals surface area contributed by atoms with E-state index in [0.29, 0.717) is 12.2 Å². The largest absolute Gasteiger partial charge is 0.334 e. The number of anilines is 1. The van der Waals surface area contributed by atoms with E-state index in [1.807, 2.05) is 54.6 Å². The number of benzene rings is 2. The third kappa shape index (κ3) is 3.51. The average Bonchev–Trinajstić information content (AvgIpc) is 3.21. The van der Waals surface area contributed by atoms with Crippen LogP contribution in [0.3, 0.4) is 0 Å². The molecule has 2 aromatic heterocycles. The van der Waals surface area contributed by atoms with Crippen molar-refractivity contribution < 1.29 is 4.79 Å². The zero-order valence-corrected chi connectivity index (χ0v) is 13.8. The van der Waals surface area contributed by atoms with Crippen LogP contribution in [0.2, 0.25) is 0 Å². The molecule has 4 rings (SSSR count). The smallest absolute Gasteiger partial charge is 0.319 e. The molecule has 0 saturated heterocycles. The Morgan fingerprint density at radius 1 is 1.04 bits per heavy atom. The molecule has 0 saturated carbocycles. The molecule has 4 aromatic rings. The first-order valence-electron chi connectivity index (χ1n) is 8.13. The summed E-state index contributed by atoms with van der Waals surface area (Å²) in [6, 6.07) is 16.9. The number of hydrogen-bond acceptors (Lipinski definition) is 4. The molecular weight excluding hydrogens is 328 g/mol. The summed E-state index contributed by atoms with van der Waals surface area (Å²) in [5.41, 5.74) is 3.45. The molecule has 0 aliphatic heterocycles. The standard InChI is InChI=1S/C19H16N6O/c26-19(21-13-14-6-7-18-15(11-14)3-2-8-20-18)23-16-4-1-5-17(12-16)25-10-9-22-24-25/h1-12H,13H2,(H2,21,23,26). The lowest BCUT2D eigenvalue weighted by atomic mass is 10.1. The molecule has 0 unspecified atom stereocenters. The Hall–Kier alpha value is -3.74.